The third kappa shape index (κ3) is 12.4. The van der Waals surface area contributed by atoms with E-state index in [-0.39, 0.29) is 32.1 Å². The highest BCUT2D eigenvalue weighted by atomic mass is 32.2. The van der Waals surface area contributed by atoms with E-state index in [1.54, 1.807) is 20.1 Å². The summed E-state index contributed by atoms with van der Waals surface area (Å²) in [6.45, 7) is 3.26. The lowest BCUT2D eigenvalue weighted by Crippen LogP contribution is -2.57. The average molecular weight is 505 g/mol. The first-order valence-corrected chi connectivity index (χ1v) is 12.1. The number of carboxylic acid groups (broad SMARTS) is 1. The molecular formula is C20H36N6O7S. The number of thioether (sulfide) groups is 1. The van der Waals surface area contributed by atoms with E-state index in [2.05, 4.69) is 16.0 Å². The van der Waals surface area contributed by atoms with Crippen molar-refractivity contribution in [3.8, 4) is 0 Å². The highest BCUT2D eigenvalue weighted by molar-refractivity contribution is 7.98. The summed E-state index contributed by atoms with van der Waals surface area (Å²) in [6.07, 6.45) is 1.42. The molecule has 0 radical (unpaired) electrons. The minimum Gasteiger partial charge on any atom is -0.480 e. The highest BCUT2D eigenvalue weighted by Gasteiger charge is 2.31. The lowest BCUT2D eigenvalue weighted by Gasteiger charge is -2.26. The molecule has 0 saturated heterocycles. The van der Waals surface area contributed by atoms with Crippen LogP contribution in [0.25, 0.3) is 0 Å². The molecule has 0 aromatic rings. The number of rotatable bonds is 17. The summed E-state index contributed by atoms with van der Waals surface area (Å²) in [4.78, 5) is 71.6. The van der Waals surface area contributed by atoms with Crippen molar-refractivity contribution in [2.45, 2.75) is 70.1 Å². The second kappa shape index (κ2) is 15.9. The molecule has 13 nitrogen and oxygen atoms in total. The number of aliphatic carboxylic acids is 1. The zero-order valence-electron chi connectivity index (χ0n) is 19.7. The molecule has 34 heavy (non-hydrogen) atoms. The highest BCUT2D eigenvalue weighted by Crippen LogP contribution is 2.07. The van der Waals surface area contributed by atoms with E-state index < -0.39 is 65.6 Å². The molecule has 0 aliphatic heterocycles. The molecule has 10 N–H and O–H groups in total. The Balaban J connectivity index is 5.49. The van der Waals surface area contributed by atoms with Gasteiger partial charge in [0, 0.05) is 12.8 Å². The molecule has 4 atom stereocenters. The Kier molecular flexibility index (Phi) is 14.5. The van der Waals surface area contributed by atoms with Gasteiger partial charge in [-0.15, -0.1) is 0 Å². The Labute approximate surface area is 202 Å². The van der Waals surface area contributed by atoms with Gasteiger partial charge in [0.1, 0.15) is 18.1 Å². The van der Waals surface area contributed by atoms with Gasteiger partial charge in [0.05, 0.1) is 6.04 Å². The van der Waals surface area contributed by atoms with E-state index in [4.69, 9.17) is 17.2 Å². The van der Waals surface area contributed by atoms with Gasteiger partial charge in [-0.3, -0.25) is 24.0 Å². The fourth-order valence-corrected chi connectivity index (χ4v) is 3.28. The van der Waals surface area contributed by atoms with Crippen LogP contribution in [0, 0.1) is 5.92 Å². The van der Waals surface area contributed by atoms with Crippen molar-refractivity contribution in [3.63, 3.8) is 0 Å². The number of amides is 5. The largest absolute Gasteiger partial charge is 0.480 e. The molecule has 0 fully saturated rings. The first-order valence-electron chi connectivity index (χ1n) is 10.7. The minimum atomic E-state index is -1.25. The van der Waals surface area contributed by atoms with Crippen LogP contribution in [0.3, 0.4) is 0 Å². The van der Waals surface area contributed by atoms with Crippen molar-refractivity contribution < 1.29 is 33.9 Å². The van der Waals surface area contributed by atoms with Crippen LogP contribution in [-0.4, -0.2) is 76.8 Å². The summed E-state index contributed by atoms with van der Waals surface area (Å²) in [6, 6.07) is -4.62. The zero-order chi connectivity index (χ0) is 26.4. The van der Waals surface area contributed by atoms with Gasteiger partial charge in [-0.2, -0.15) is 11.8 Å². The van der Waals surface area contributed by atoms with Crippen molar-refractivity contribution in [2.75, 3.05) is 12.0 Å². The predicted molar refractivity (Wildman–Crippen MR) is 126 cm³/mol. The summed E-state index contributed by atoms with van der Waals surface area (Å²) >= 11 is 1.42. The van der Waals surface area contributed by atoms with Gasteiger partial charge in [0.25, 0.3) is 0 Å². The maximum absolute atomic E-state index is 12.9. The normalized spacial score (nSPS) is 14.4. The molecule has 0 aliphatic carbocycles. The number of nitrogens with one attached hydrogen (secondary N) is 3. The number of nitrogens with two attached hydrogens (primary N) is 3. The number of hydrogen-bond donors (Lipinski definition) is 7. The summed E-state index contributed by atoms with van der Waals surface area (Å²) in [7, 11) is 0. The van der Waals surface area contributed by atoms with Crippen LogP contribution in [-0.2, 0) is 28.8 Å². The third-order valence-electron chi connectivity index (χ3n) is 4.83. The maximum atomic E-state index is 12.9. The van der Waals surface area contributed by atoms with E-state index in [0.29, 0.717) is 5.75 Å². The third-order valence-corrected chi connectivity index (χ3v) is 5.47. The molecule has 0 bridgehead atoms. The molecule has 0 saturated carbocycles. The Morgan fingerprint density at radius 3 is 1.74 bits per heavy atom. The molecule has 5 amide bonds. The number of carboxylic acids is 1. The minimum absolute atomic E-state index is 0.0458. The van der Waals surface area contributed by atoms with Crippen molar-refractivity contribution in [1.29, 1.82) is 0 Å². The van der Waals surface area contributed by atoms with E-state index in [1.165, 1.54) is 11.8 Å². The second-order valence-corrected chi connectivity index (χ2v) is 9.07. The van der Waals surface area contributed by atoms with Gasteiger partial charge < -0.3 is 38.3 Å². The maximum Gasteiger partial charge on any atom is 0.326 e. The van der Waals surface area contributed by atoms with Gasteiger partial charge in [0.2, 0.25) is 29.5 Å². The second-order valence-electron chi connectivity index (χ2n) is 8.09. The van der Waals surface area contributed by atoms with Gasteiger partial charge in [-0.05, 0) is 37.2 Å². The van der Waals surface area contributed by atoms with Crippen molar-refractivity contribution in [2.24, 2.45) is 23.1 Å². The first-order chi connectivity index (χ1) is 15.8. The SMILES string of the molecule is CSCCC(NC(=O)C(CCC(N)=O)NC(=O)C(N)CCC(N)=O)C(=O)NC(C(=O)O)C(C)C. The molecule has 194 valence electrons. The Bertz CT molecular complexity index is 749. The number of carbonyl (C=O) groups is 6. The van der Waals surface area contributed by atoms with E-state index in [1.807, 2.05) is 0 Å². The lowest BCUT2D eigenvalue weighted by atomic mass is 10.0. The van der Waals surface area contributed by atoms with Crippen LogP contribution in [0.15, 0.2) is 0 Å². The number of carbonyl (C=O) groups excluding carboxylic acids is 5. The van der Waals surface area contributed by atoms with Gasteiger partial charge in [0.15, 0.2) is 0 Å². The molecule has 0 aromatic heterocycles. The van der Waals surface area contributed by atoms with E-state index >= 15 is 0 Å². The topological polar surface area (TPSA) is 237 Å². The molecule has 0 heterocycles. The van der Waals surface area contributed by atoms with Crippen molar-refractivity contribution in [1.82, 2.24) is 16.0 Å². The quantitative estimate of drug-likeness (QED) is 0.113. The zero-order valence-corrected chi connectivity index (χ0v) is 20.5. The molecule has 0 aliphatic rings. The first kappa shape index (κ1) is 31.1. The molecule has 0 rings (SSSR count). The Hall–Kier alpha value is -2.87. The standard InChI is InChI=1S/C20H36N6O7S/c1-10(2)16(20(32)33)26-19(31)13(8-9-34-3)25-18(30)12(5-7-15(23)28)24-17(29)11(21)4-6-14(22)27/h10-13,16H,4-9,21H2,1-3H3,(H2,22,27)(H2,23,28)(H,24,29)(H,25,30)(H,26,31)(H,32,33). The number of hydrogen-bond acceptors (Lipinski definition) is 8. The van der Waals surface area contributed by atoms with Crippen LogP contribution >= 0.6 is 11.8 Å². The van der Waals surface area contributed by atoms with Gasteiger partial charge in [-0.25, -0.2) is 4.79 Å². The molecule has 0 aromatic carbocycles. The monoisotopic (exact) mass is 504 g/mol. The summed E-state index contributed by atoms with van der Waals surface area (Å²) < 4.78 is 0. The van der Waals surface area contributed by atoms with Gasteiger partial charge >= 0.3 is 5.97 Å². The molecule has 4 unspecified atom stereocenters. The van der Waals surface area contributed by atoms with Crippen LogP contribution < -0.4 is 33.2 Å². The van der Waals surface area contributed by atoms with Gasteiger partial charge in [-0.1, -0.05) is 13.8 Å². The molecular weight excluding hydrogens is 468 g/mol. The van der Waals surface area contributed by atoms with E-state index in [9.17, 15) is 33.9 Å². The van der Waals surface area contributed by atoms with Crippen LogP contribution in [0.2, 0.25) is 0 Å². The smallest absolute Gasteiger partial charge is 0.326 e. The Morgan fingerprint density at radius 2 is 1.26 bits per heavy atom. The van der Waals surface area contributed by atoms with Crippen LogP contribution in [0.4, 0.5) is 0 Å². The van der Waals surface area contributed by atoms with Crippen molar-refractivity contribution >= 4 is 47.3 Å². The van der Waals surface area contributed by atoms with Crippen LogP contribution in [0.5, 0.6) is 0 Å². The average Bonchev–Trinajstić information content (AvgIpc) is 2.74. The summed E-state index contributed by atoms with van der Waals surface area (Å²) in [5.41, 5.74) is 15.9. The van der Waals surface area contributed by atoms with Crippen LogP contribution in [0.1, 0.15) is 46.0 Å². The fourth-order valence-electron chi connectivity index (χ4n) is 2.81. The lowest BCUT2D eigenvalue weighted by molar-refractivity contribution is -0.143. The molecule has 0 spiro atoms. The van der Waals surface area contributed by atoms with Crippen molar-refractivity contribution in [3.05, 3.63) is 0 Å². The van der Waals surface area contributed by atoms with E-state index in [0.717, 1.165) is 0 Å². The summed E-state index contributed by atoms with van der Waals surface area (Å²) in [5, 5.41) is 16.7. The number of primary amides is 2. The summed E-state index contributed by atoms with van der Waals surface area (Å²) in [5.74, 6) is -4.69. The predicted octanol–water partition coefficient (Wildman–Crippen LogP) is -2.21. The Morgan fingerprint density at radius 1 is 0.794 bits per heavy atom. The fraction of sp³-hybridized carbons (Fsp3) is 0.700. The molecule has 14 heteroatoms.